The van der Waals surface area contributed by atoms with Gasteiger partial charge in [-0.2, -0.15) is 0 Å². The van der Waals surface area contributed by atoms with Gasteiger partial charge >= 0.3 is 0 Å². The Balaban J connectivity index is 2.23. The van der Waals surface area contributed by atoms with Crippen molar-refractivity contribution < 1.29 is 4.79 Å². The fourth-order valence-corrected chi connectivity index (χ4v) is 3.06. The molecular weight excluding hydrogens is 339 g/mol. The molecule has 7 heteroatoms. The molecule has 1 unspecified atom stereocenters. The zero-order chi connectivity index (χ0) is 14.9. The third-order valence-corrected chi connectivity index (χ3v) is 4.61. The van der Waals surface area contributed by atoms with Crippen LogP contribution in [0.25, 0.3) is 0 Å². The van der Waals surface area contributed by atoms with Gasteiger partial charge in [0.1, 0.15) is 0 Å². The molecule has 0 aliphatic rings. The highest BCUT2D eigenvalue weighted by molar-refractivity contribution is 7.09. The van der Waals surface area contributed by atoms with Crippen LogP contribution >= 0.6 is 46.1 Å². The Morgan fingerprint density at radius 2 is 1.95 bits per heavy atom. The minimum Gasteiger partial charge on any atom is -0.344 e. The first-order chi connectivity index (χ1) is 9.40. The summed E-state index contributed by atoms with van der Waals surface area (Å²) in [5, 5.41) is 6.36. The monoisotopic (exact) mass is 348 g/mol. The molecule has 1 N–H and O–H groups in total. The second-order valence-electron chi connectivity index (χ2n) is 4.20. The van der Waals surface area contributed by atoms with E-state index in [4.69, 9.17) is 34.8 Å². The maximum absolute atomic E-state index is 12.3. The van der Waals surface area contributed by atoms with Gasteiger partial charge in [0.15, 0.2) is 0 Å². The number of hydrogen-bond acceptors (Lipinski definition) is 3. The van der Waals surface area contributed by atoms with Crippen molar-refractivity contribution >= 4 is 52.0 Å². The van der Waals surface area contributed by atoms with Crippen molar-refractivity contribution in [2.45, 2.75) is 19.9 Å². The summed E-state index contributed by atoms with van der Waals surface area (Å²) in [4.78, 5) is 16.6. The maximum Gasteiger partial charge on any atom is 0.254 e. The molecule has 1 heterocycles. The molecule has 3 nitrogen and oxygen atoms in total. The molecule has 0 spiro atoms. The standard InChI is InChI=1S/C13H11Cl3N2OS/c1-6(10-5-20-7(2)18-10)17-13(19)11-8(14)3-4-9(15)12(11)16/h3-6H,1-2H3,(H,17,19). The summed E-state index contributed by atoms with van der Waals surface area (Å²) < 4.78 is 0. The lowest BCUT2D eigenvalue weighted by molar-refractivity contribution is 0.0939. The number of nitrogens with zero attached hydrogens (tertiary/aromatic N) is 1. The lowest BCUT2D eigenvalue weighted by atomic mass is 10.2. The van der Waals surface area contributed by atoms with Crippen LogP contribution in [0.1, 0.15) is 34.0 Å². The van der Waals surface area contributed by atoms with Gasteiger partial charge in [0.05, 0.1) is 37.4 Å². The topological polar surface area (TPSA) is 42.0 Å². The normalized spacial score (nSPS) is 12.2. The van der Waals surface area contributed by atoms with Crippen LogP contribution in [-0.2, 0) is 0 Å². The van der Waals surface area contributed by atoms with Crippen LogP contribution in [0.2, 0.25) is 15.1 Å². The van der Waals surface area contributed by atoms with Crippen LogP contribution < -0.4 is 5.32 Å². The summed E-state index contributed by atoms with van der Waals surface area (Å²) in [6, 6.07) is 2.86. The first-order valence-corrected chi connectivity index (χ1v) is 7.78. The van der Waals surface area contributed by atoms with Crippen LogP contribution in [-0.4, -0.2) is 10.9 Å². The van der Waals surface area contributed by atoms with Crippen molar-refractivity contribution in [2.75, 3.05) is 0 Å². The third-order valence-electron chi connectivity index (χ3n) is 2.70. The van der Waals surface area contributed by atoms with E-state index in [1.807, 2.05) is 19.2 Å². The molecule has 1 aromatic carbocycles. The van der Waals surface area contributed by atoms with Crippen molar-refractivity contribution in [3.63, 3.8) is 0 Å². The van der Waals surface area contributed by atoms with E-state index in [1.54, 1.807) is 12.1 Å². The molecule has 1 aromatic heterocycles. The first-order valence-electron chi connectivity index (χ1n) is 5.76. The lowest BCUT2D eigenvalue weighted by Crippen LogP contribution is -2.27. The Morgan fingerprint density at radius 1 is 1.30 bits per heavy atom. The summed E-state index contributed by atoms with van der Waals surface area (Å²) in [5.41, 5.74) is 0.981. The van der Waals surface area contributed by atoms with E-state index < -0.39 is 0 Å². The van der Waals surface area contributed by atoms with Crippen LogP contribution in [0.4, 0.5) is 0 Å². The van der Waals surface area contributed by atoms with Crippen molar-refractivity contribution in [2.24, 2.45) is 0 Å². The number of amides is 1. The summed E-state index contributed by atoms with van der Waals surface area (Å²) in [5.74, 6) is -0.374. The summed E-state index contributed by atoms with van der Waals surface area (Å²) in [7, 11) is 0. The highest BCUT2D eigenvalue weighted by atomic mass is 35.5. The molecule has 0 aliphatic carbocycles. The van der Waals surface area contributed by atoms with Crippen LogP contribution in [0.5, 0.6) is 0 Å². The van der Waals surface area contributed by atoms with Crippen LogP contribution in [0.3, 0.4) is 0 Å². The van der Waals surface area contributed by atoms with Gasteiger partial charge in [-0.05, 0) is 26.0 Å². The predicted molar refractivity (Wildman–Crippen MR) is 84.2 cm³/mol. The number of carbonyl (C=O) groups is 1. The second-order valence-corrected chi connectivity index (χ2v) is 6.46. The van der Waals surface area contributed by atoms with Gasteiger partial charge in [0.25, 0.3) is 5.91 Å². The number of rotatable bonds is 3. The molecule has 0 bridgehead atoms. The number of aryl methyl sites for hydroxylation is 1. The molecule has 0 saturated heterocycles. The Bertz CT molecular complexity index is 657. The molecule has 0 fully saturated rings. The number of carbonyl (C=O) groups excluding carboxylic acids is 1. The van der Waals surface area contributed by atoms with Crippen LogP contribution in [0, 0.1) is 6.92 Å². The quantitative estimate of drug-likeness (QED) is 0.801. The molecule has 0 radical (unpaired) electrons. The number of halogens is 3. The highest BCUT2D eigenvalue weighted by Crippen LogP contribution is 2.31. The van der Waals surface area contributed by atoms with E-state index in [1.165, 1.54) is 11.3 Å². The number of nitrogens with one attached hydrogen (secondary N) is 1. The fraction of sp³-hybridized carbons (Fsp3) is 0.231. The molecular formula is C13H11Cl3N2OS. The van der Waals surface area contributed by atoms with Crippen molar-refractivity contribution in [1.82, 2.24) is 10.3 Å². The Hall–Kier alpha value is -0.810. The average molecular weight is 350 g/mol. The number of thiazole rings is 1. The minimum absolute atomic E-state index is 0.151. The van der Waals surface area contributed by atoms with Gasteiger partial charge in [-0.15, -0.1) is 11.3 Å². The van der Waals surface area contributed by atoms with Gasteiger partial charge in [-0.25, -0.2) is 4.98 Å². The van der Waals surface area contributed by atoms with E-state index in [9.17, 15) is 4.79 Å². The minimum atomic E-state index is -0.374. The summed E-state index contributed by atoms with van der Waals surface area (Å²) in [6.07, 6.45) is 0. The number of aromatic nitrogens is 1. The largest absolute Gasteiger partial charge is 0.344 e. The molecule has 0 saturated carbocycles. The summed E-state index contributed by atoms with van der Waals surface area (Å²) >= 11 is 19.5. The zero-order valence-corrected chi connectivity index (χ0v) is 13.8. The molecule has 2 rings (SSSR count). The van der Waals surface area contributed by atoms with Crippen LogP contribution in [0.15, 0.2) is 17.5 Å². The van der Waals surface area contributed by atoms with Gasteiger partial charge in [0, 0.05) is 5.38 Å². The summed E-state index contributed by atoms with van der Waals surface area (Å²) in [6.45, 7) is 3.76. The smallest absolute Gasteiger partial charge is 0.254 e. The highest BCUT2D eigenvalue weighted by Gasteiger charge is 2.20. The number of hydrogen-bond donors (Lipinski definition) is 1. The zero-order valence-electron chi connectivity index (χ0n) is 10.7. The average Bonchev–Trinajstić information content (AvgIpc) is 2.81. The second kappa shape index (κ2) is 6.31. The van der Waals surface area contributed by atoms with E-state index in [-0.39, 0.29) is 27.6 Å². The Morgan fingerprint density at radius 3 is 2.55 bits per heavy atom. The lowest BCUT2D eigenvalue weighted by Gasteiger charge is -2.14. The molecule has 0 aliphatic heterocycles. The third kappa shape index (κ3) is 3.26. The molecule has 2 aromatic rings. The van der Waals surface area contributed by atoms with Gasteiger partial charge in [-0.3, -0.25) is 4.79 Å². The van der Waals surface area contributed by atoms with Crippen molar-refractivity contribution in [1.29, 1.82) is 0 Å². The molecule has 1 amide bonds. The molecule has 1 atom stereocenters. The maximum atomic E-state index is 12.3. The van der Waals surface area contributed by atoms with E-state index >= 15 is 0 Å². The first kappa shape index (κ1) is 15.6. The Labute approximate surface area is 135 Å². The van der Waals surface area contributed by atoms with E-state index in [0.29, 0.717) is 5.02 Å². The van der Waals surface area contributed by atoms with E-state index in [0.717, 1.165) is 10.7 Å². The van der Waals surface area contributed by atoms with Gasteiger partial charge < -0.3 is 5.32 Å². The van der Waals surface area contributed by atoms with Crippen molar-refractivity contribution in [3.05, 3.63) is 48.8 Å². The van der Waals surface area contributed by atoms with Gasteiger partial charge in [0.2, 0.25) is 0 Å². The molecule has 20 heavy (non-hydrogen) atoms. The van der Waals surface area contributed by atoms with E-state index in [2.05, 4.69) is 10.3 Å². The molecule has 106 valence electrons. The fourth-order valence-electron chi connectivity index (χ4n) is 1.66. The van der Waals surface area contributed by atoms with Crippen molar-refractivity contribution in [3.8, 4) is 0 Å². The van der Waals surface area contributed by atoms with Gasteiger partial charge in [-0.1, -0.05) is 34.8 Å². The SMILES string of the molecule is Cc1nc(C(C)NC(=O)c2c(Cl)ccc(Cl)c2Cl)cs1. The predicted octanol–water partition coefficient (Wildman–Crippen LogP) is 4.90. The Kier molecular flexibility index (Phi) is 4.91. The number of benzene rings is 1.